The summed E-state index contributed by atoms with van der Waals surface area (Å²) >= 11 is 0. The molecule has 5 heteroatoms. The second kappa shape index (κ2) is 8.22. The first-order valence-corrected chi connectivity index (χ1v) is 7.16. The van der Waals surface area contributed by atoms with Gasteiger partial charge in [0.1, 0.15) is 11.7 Å². The molecule has 0 bridgehead atoms. The van der Waals surface area contributed by atoms with E-state index in [4.69, 9.17) is 9.47 Å². The molecule has 1 atom stereocenters. The molecule has 0 saturated heterocycles. The lowest BCUT2D eigenvalue weighted by molar-refractivity contribution is -0.148. The Bertz CT molecular complexity index is 517. The third-order valence-corrected chi connectivity index (χ3v) is 2.48. The van der Waals surface area contributed by atoms with E-state index in [-0.39, 0.29) is 0 Å². The van der Waals surface area contributed by atoms with Gasteiger partial charge in [0.15, 0.2) is 0 Å². The zero-order chi connectivity index (χ0) is 16.6. The highest BCUT2D eigenvalue weighted by atomic mass is 16.6. The summed E-state index contributed by atoms with van der Waals surface area (Å²) in [6.45, 7) is 7.42. The van der Waals surface area contributed by atoms with E-state index in [0.717, 1.165) is 5.56 Å². The molecule has 120 valence electrons. The fourth-order valence-electron chi connectivity index (χ4n) is 1.57. The summed E-state index contributed by atoms with van der Waals surface area (Å²) in [4.78, 5) is 23.1. The monoisotopic (exact) mass is 305 g/mol. The summed E-state index contributed by atoms with van der Waals surface area (Å²) in [7, 11) is 0. The molecule has 1 rings (SSSR count). The summed E-state index contributed by atoms with van der Waals surface area (Å²) < 4.78 is 10.2. The van der Waals surface area contributed by atoms with Gasteiger partial charge in [0, 0.05) is 12.6 Å². The smallest absolute Gasteiger partial charge is 0.407 e. The first kappa shape index (κ1) is 17.8. The molecule has 1 aromatic rings. The second-order valence-electron chi connectivity index (χ2n) is 5.84. The second-order valence-corrected chi connectivity index (χ2v) is 5.84. The minimum atomic E-state index is -0.543. The molecule has 5 nitrogen and oxygen atoms in total. The van der Waals surface area contributed by atoms with Crippen molar-refractivity contribution in [2.45, 2.75) is 45.9 Å². The Hall–Kier alpha value is -2.30. The van der Waals surface area contributed by atoms with Gasteiger partial charge in [-0.15, -0.1) is 0 Å². The third-order valence-electron chi connectivity index (χ3n) is 2.48. The minimum absolute atomic E-state index is 0.391. The van der Waals surface area contributed by atoms with Gasteiger partial charge in [-0.25, -0.2) is 9.59 Å². The molecular formula is C17H23NO4. The molecule has 0 spiro atoms. The van der Waals surface area contributed by atoms with Crippen LogP contribution in [0.25, 0.3) is 0 Å². The molecule has 0 aliphatic carbocycles. The van der Waals surface area contributed by atoms with Crippen molar-refractivity contribution < 1.29 is 19.1 Å². The van der Waals surface area contributed by atoms with E-state index in [1.54, 1.807) is 27.7 Å². The normalized spacial score (nSPS) is 12.7. The highest BCUT2D eigenvalue weighted by molar-refractivity contribution is 5.82. The van der Waals surface area contributed by atoms with Gasteiger partial charge in [0.25, 0.3) is 0 Å². The molecule has 0 radical (unpaired) electrons. The zero-order valence-corrected chi connectivity index (χ0v) is 13.5. The van der Waals surface area contributed by atoms with Crippen LogP contribution in [0, 0.1) is 0 Å². The van der Waals surface area contributed by atoms with Crippen LogP contribution >= 0.6 is 0 Å². The SMILES string of the molecule is CC(/C=C/C(=O)OC(C)(C)C)OC(=O)NCc1ccccc1. The highest BCUT2D eigenvalue weighted by Gasteiger charge is 2.14. The van der Waals surface area contributed by atoms with Gasteiger partial charge in [-0.05, 0) is 39.3 Å². The van der Waals surface area contributed by atoms with Crippen LogP contribution < -0.4 is 5.32 Å². The van der Waals surface area contributed by atoms with E-state index in [9.17, 15) is 9.59 Å². The van der Waals surface area contributed by atoms with E-state index in [2.05, 4.69) is 5.32 Å². The fourth-order valence-corrected chi connectivity index (χ4v) is 1.57. The maximum absolute atomic E-state index is 11.6. The Morgan fingerprint density at radius 1 is 1.23 bits per heavy atom. The molecule has 0 aliphatic rings. The average Bonchev–Trinajstić information content (AvgIpc) is 2.42. The minimum Gasteiger partial charge on any atom is -0.457 e. The molecule has 0 aromatic heterocycles. The number of amides is 1. The molecule has 1 amide bonds. The Morgan fingerprint density at radius 3 is 2.45 bits per heavy atom. The Morgan fingerprint density at radius 2 is 1.86 bits per heavy atom. The predicted octanol–water partition coefficient (Wildman–Crippen LogP) is 3.20. The van der Waals surface area contributed by atoms with Gasteiger partial charge in [0.05, 0.1) is 0 Å². The zero-order valence-electron chi connectivity index (χ0n) is 13.5. The van der Waals surface area contributed by atoms with Crippen LogP contribution in [0.2, 0.25) is 0 Å². The van der Waals surface area contributed by atoms with Crippen LogP contribution in [0.3, 0.4) is 0 Å². The lowest BCUT2D eigenvalue weighted by Gasteiger charge is -2.18. The molecule has 22 heavy (non-hydrogen) atoms. The third kappa shape index (κ3) is 8.09. The molecule has 0 aliphatic heterocycles. The van der Waals surface area contributed by atoms with E-state index in [1.165, 1.54) is 12.2 Å². The topological polar surface area (TPSA) is 64.6 Å². The van der Waals surface area contributed by atoms with Crippen molar-refractivity contribution >= 4 is 12.1 Å². The summed E-state index contributed by atoms with van der Waals surface area (Å²) in [5, 5.41) is 2.64. The van der Waals surface area contributed by atoms with Crippen molar-refractivity contribution in [1.29, 1.82) is 0 Å². The highest BCUT2D eigenvalue weighted by Crippen LogP contribution is 2.07. The Labute approximate surface area is 131 Å². The molecular weight excluding hydrogens is 282 g/mol. The Kier molecular flexibility index (Phi) is 6.63. The van der Waals surface area contributed by atoms with Crippen molar-refractivity contribution in [2.75, 3.05) is 0 Å². The van der Waals surface area contributed by atoms with Crippen LogP contribution in [-0.4, -0.2) is 23.8 Å². The van der Waals surface area contributed by atoms with Crippen LogP contribution in [0.15, 0.2) is 42.5 Å². The first-order chi connectivity index (χ1) is 10.3. The van der Waals surface area contributed by atoms with Gasteiger partial charge in [-0.1, -0.05) is 30.3 Å². The lowest BCUT2D eigenvalue weighted by Crippen LogP contribution is -2.27. The number of carbonyl (C=O) groups excluding carboxylic acids is 2. The number of esters is 1. The maximum Gasteiger partial charge on any atom is 0.407 e. The van der Waals surface area contributed by atoms with E-state index in [1.807, 2.05) is 30.3 Å². The number of rotatable bonds is 5. The molecule has 0 fully saturated rings. The Balaban J connectivity index is 2.33. The van der Waals surface area contributed by atoms with Crippen LogP contribution in [0.5, 0.6) is 0 Å². The number of alkyl carbamates (subject to hydrolysis) is 1. The van der Waals surface area contributed by atoms with Crippen molar-refractivity contribution in [2.24, 2.45) is 0 Å². The maximum atomic E-state index is 11.6. The van der Waals surface area contributed by atoms with Gasteiger partial charge in [-0.2, -0.15) is 0 Å². The summed E-state index contributed by atoms with van der Waals surface area (Å²) in [5.74, 6) is -0.465. The summed E-state index contributed by atoms with van der Waals surface area (Å²) in [6.07, 6.45) is 1.69. The van der Waals surface area contributed by atoms with E-state index >= 15 is 0 Å². The fraction of sp³-hybridized carbons (Fsp3) is 0.412. The number of carbonyl (C=O) groups is 2. The first-order valence-electron chi connectivity index (χ1n) is 7.16. The van der Waals surface area contributed by atoms with Crippen molar-refractivity contribution in [1.82, 2.24) is 5.32 Å². The van der Waals surface area contributed by atoms with Crippen molar-refractivity contribution in [3.63, 3.8) is 0 Å². The van der Waals surface area contributed by atoms with Crippen molar-refractivity contribution in [3.05, 3.63) is 48.0 Å². The summed E-state index contributed by atoms with van der Waals surface area (Å²) in [6, 6.07) is 9.52. The molecule has 1 unspecified atom stereocenters. The van der Waals surface area contributed by atoms with Gasteiger partial charge >= 0.3 is 12.1 Å². The number of ether oxygens (including phenoxy) is 2. The van der Waals surface area contributed by atoms with Gasteiger partial charge < -0.3 is 14.8 Å². The largest absolute Gasteiger partial charge is 0.457 e. The molecule has 0 saturated carbocycles. The lowest BCUT2D eigenvalue weighted by atomic mass is 10.2. The number of hydrogen-bond donors (Lipinski definition) is 1. The van der Waals surface area contributed by atoms with Crippen molar-refractivity contribution in [3.8, 4) is 0 Å². The standard InChI is InChI=1S/C17H23NO4/c1-13(10-11-15(19)22-17(2,3)4)21-16(20)18-12-14-8-6-5-7-9-14/h5-11,13H,12H2,1-4H3,(H,18,20)/b11-10+. The average molecular weight is 305 g/mol. The van der Waals surface area contributed by atoms with E-state index in [0.29, 0.717) is 6.54 Å². The number of hydrogen-bond acceptors (Lipinski definition) is 4. The molecule has 0 heterocycles. The van der Waals surface area contributed by atoms with Gasteiger partial charge in [0.2, 0.25) is 0 Å². The number of nitrogens with one attached hydrogen (secondary N) is 1. The molecule has 1 N–H and O–H groups in total. The molecule has 1 aromatic carbocycles. The number of benzene rings is 1. The van der Waals surface area contributed by atoms with Crippen LogP contribution in [0.4, 0.5) is 4.79 Å². The van der Waals surface area contributed by atoms with Crippen LogP contribution in [0.1, 0.15) is 33.3 Å². The van der Waals surface area contributed by atoms with Crippen LogP contribution in [-0.2, 0) is 20.8 Å². The van der Waals surface area contributed by atoms with Gasteiger partial charge in [-0.3, -0.25) is 0 Å². The predicted molar refractivity (Wildman–Crippen MR) is 84.2 cm³/mol. The van der Waals surface area contributed by atoms with E-state index < -0.39 is 23.8 Å². The summed E-state index contributed by atoms with van der Waals surface area (Å²) in [5.41, 5.74) is 0.440. The quantitative estimate of drug-likeness (QED) is 0.670.